The molecule has 0 aliphatic rings. The number of halogens is 4. The summed E-state index contributed by atoms with van der Waals surface area (Å²) in [5.41, 5.74) is 4.52. The van der Waals surface area contributed by atoms with Crippen molar-refractivity contribution >= 4 is 21.4 Å². The topological polar surface area (TPSA) is 60.2 Å². The molecule has 0 aromatic heterocycles. The van der Waals surface area contributed by atoms with E-state index in [2.05, 4.69) is 13.2 Å². The third-order valence-corrected chi connectivity index (χ3v) is 7.43. The molecule has 124 valence electrons. The lowest BCUT2D eigenvalue weighted by atomic mass is 10.00. The molecule has 0 fully saturated rings. The normalized spacial score (nSPS) is 21.7. The molecule has 21 heavy (non-hydrogen) atoms. The number of nitrogens with two attached hydrogens (primary N) is 1. The molecular formula is C13H21ClF3NO2S. The van der Waals surface area contributed by atoms with Gasteiger partial charge in [-0.15, -0.1) is 24.8 Å². The predicted molar refractivity (Wildman–Crippen MR) is 80.1 cm³/mol. The fourth-order valence-electron chi connectivity index (χ4n) is 1.79. The van der Waals surface area contributed by atoms with E-state index in [1.165, 1.54) is 19.9 Å². The highest BCUT2D eigenvalue weighted by Crippen LogP contribution is 2.39. The molecule has 8 heteroatoms. The van der Waals surface area contributed by atoms with Crippen LogP contribution >= 0.6 is 11.6 Å². The summed E-state index contributed by atoms with van der Waals surface area (Å²) in [6.07, 6.45) is -4.05. The molecule has 4 atom stereocenters. The second kappa shape index (κ2) is 6.30. The van der Waals surface area contributed by atoms with Crippen LogP contribution in [-0.4, -0.2) is 35.5 Å². The second-order valence-corrected chi connectivity index (χ2v) is 8.66. The van der Waals surface area contributed by atoms with Crippen LogP contribution in [0.4, 0.5) is 13.2 Å². The van der Waals surface area contributed by atoms with E-state index < -0.39 is 43.3 Å². The Labute approximate surface area is 129 Å². The molecule has 0 radical (unpaired) electrons. The number of hydrogen-bond donors (Lipinski definition) is 1. The molecule has 0 aliphatic carbocycles. The monoisotopic (exact) mass is 347 g/mol. The Morgan fingerprint density at radius 3 is 1.90 bits per heavy atom. The molecule has 0 amide bonds. The van der Waals surface area contributed by atoms with Crippen LogP contribution in [0.15, 0.2) is 25.3 Å². The van der Waals surface area contributed by atoms with E-state index in [0.717, 1.165) is 13.0 Å². The van der Waals surface area contributed by atoms with E-state index in [-0.39, 0.29) is 0 Å². The molecule has 0 aromatic carbocycles. The minimum Gasteiger partial charge on any atom is -0.321 e. The van der Waals surface area contributed by atoms with E-state index in [0.29, 0.717) is 0 Å². The molecule has 0 saturated heterocycles. The Bertz CT molecular complexity index is 502. The zero-order valence-electron chi connectivity index (χ0n) is 12.2. The zero-order chi connectivity index (χ0) is 17.3. The van der Waals surface area contributed by atoms with Crippen molar-refractivity contribution in [3.05, 3.63) is 25.3 Å². The molecule has 0 bridgehead atoms. The maximum Gasteiger partial charge on any atom is 0.391 e. The SMILES string of the molecule is C=CC(C)(N)[C@H](C)S(=O)(=O)[C@@H](C)C(Cl)(C=C)CC(F)(F)F. The van der Waals surface area contributed by atoms with Gasteiger partial charge in [0, 0.05) is 5.54 Å². The van der Waals surface area contributed by atoms with Crippen molar-refractivity contribution in [3.63, 3.8) is 0 Å². The smallest absolute Gasteiger partial charge is 0.321 e. The predicted octanol–water partition coefficient (Wildman–Crippen LogP) is 3.20. The van der Waals surface area contributed by atoms with Gasteiger partial charge < -0.3 is 5.73 Å². The van der Waals surface area contributed by atoms with Gasteiger partial charge in [0.25, 0.3) is 0 Å². The van der Waals surface area contributed by atoms with Gasteiger partial charge in [-0.1, -0.05) is 12.2 Å². The quantitative estimate of drug-likeness (QED) is 0.568. The first-order valence-electron chi connectivity index (χ1n) is 6.18. The second-order valence-electron chi connectivity index (χ2n) is 5.37. The van der Waals surface area contributed by atoms with Crippen molar-refractivity contribution in [1.82, 2.24) is 0 Å². The highest BCUT2D eigenvalue weighted by Gasteiger charge is 2.50. The van der Waals surface area contributed by atoms with Crippen LogP contribution in [0.5, 0.6) is 0 Å². The lowest BCUT2D eigenvalue weighted by molar-refractivity contribution is -0.138. The average Bonchev–Trinajstić information content (AvgIpc) is 2.34. The standard InChI is InChI=1S/C13H21ClF3NO2S/c1-6-11(5,18)9(3)21(19,20)10(4)12(14,7-2)8-13(15,16)17/h6-7,9-10H,1-2,8,18H2,3-5H3/t9-,10-,11?,12?/m0/s1. The molecule has 0 rings (SSSR count). The van der Waals surface area contributed by atoms with Crippen molar-refractivity contribution in [3.8, 4) is 0 Å². The number of rotatable bonds is 7. The number of sulfone groups is 1. The summed E-state index contributed by atoms with van der Waals surface area (Å²) in [7, 11) is -4.05. The summed E-state index contributed by atoms with van der Waals surface area (Å²) in [4.78, 5) is -2.15. The van der Waals surface area contributed by atoms with Crippen LogP contribution in [0.2, 0.25) is 0 Å². The van der Waals surface area contributed by atoms with Crippen molar-refractivity contribution < 1.29 is 21.6 Å². The first kappa shape index (κ1) is 20.5. The molecule has 3 nitrogen and oxygen atoms in total. The maximum atomic E-state index is 12.6. The van der Waals surface area contributed by atoms with Gasteiger partial charge in [-0.25, -0.2) is 8.42 Å². The average molecular weight is 348 g/mol. The van der Waals surface area contributed by atoms with Gasteiger partial charge in [0.2, 0.25) is 0 Å². The molecule has 0 aromatic rings. The first-order chi connectivity index (χ1) is 9.14. The van der Waals surface area contributed by atoms with Crippen molar-refractivity contribution in [2.75, 3.05) is 0 Å². The molecule has 0 aliphatic heterocycles. The van der Waals surface area contributed by atoms with Crippen molar-refractivity contribution in [2.24, 2.45) is 5.73 Å². The Balaban J connectivity index is 5.71. The van der Waals surface area contributed by atoms with Crippen LogP contribution in [0.1, 0.15) is 27.2 Å². The van der Waals surface area contributed by atoms with Gasteiger partial charge in [-0.05, 0) is 20.8 Å². The molecule has 0 heterocycles. The van der Waals surface area contributed by atoms with Crippen LogP contribution in [0.25, 0.3) is 0 Å². The lowest BCUT2D eigenvalue weighted by Crippen LogP contribution is -2.54. The minimum atomic E-state index is -4.62. The van der Waals surface area contributed by atoms with E-state index in [1.54, 1.807) is 0 Å². The first-order valence-corrected chi connectivity index (χ1v) is 8.17. The van der Waals surface area contributed by atoms with Gasteiger partial charge in [0.1, 0.15) is 0 Å². The molecule has 0 spiro atoms. The van der Waals surface area contributed by atoms with Crippen LogP contribution in [0, 0.1) is 0 Å². The van der Waals surface area contributed by atoms with Gasteiger partial charge in [-0.3, -0.25) is 0 Å². The number of hydrogen-bond acceptors (Lipinski definition) is 3. The zero-order valence-corrected chi connectivity index (χ0v) is 13.8. The summed E-state index contributed by atoms with van der Waals surface area (Å²) in [6.45, 7) is 10.6. The molecule has 0 saturated carbocycles. The highest BCUT2D eigenvalue weighted by molar-refractivity contribution is 7.92. The van der Waals surface area contributed by atoms with Gasteiger partial charge in [0.15, 0.2) is 9.84 Å². The van der Waals surface area contributed by atoms with Crippen LogP contribution in [-0.2, 0) is 9.84 Å². The largest absolute Gasteiger partial charge is 0.391 e. The Morgan fingerprint density at radius 1 is 1.19 bits per heavy atom. The number of allylic oxidation sites excluding steroid dienone is 1. The fraction of sp³-hybridized carbons (Fsp3) is 0.692. The van der Waals surface area contributed by atoms with Gasteiger partial charge >= 0.3 is 6.18 Å². The molecule has 2 unspecified atom stereocenters. The van der Waals surface area contributed by atoms with Crippen molar-refractivity contribution in [1.29, 1.82) is 0 Å². The summed E-state index contributed by atoms with van der Waals surface area (Å²) < 4.78 is 62.9. The Morgan fingerprint density at radius 2 is 1.62 bits per heavy atom. The van der Waals surface area contributed by atoms with E-state index in [1.807, 2.05) is 0 Å². The van der Waals surface area contributed by atoms with Crippen molar-refractivity contribution in [2.45, 2.75) is 54.3 Å². The minimum absolute atomic E-state index is 0.818. The molecular weight excluding hydrogens is 327 g/mol. The Kier molecular flexibility index (Phi) is 6.14. The fourth-order valence-corrected chi connectivity index (χ4v) is 4.45. The third-order valence-electron chi connectivity index (χ3n) is 3.79. The van der Waals surface area contributed by atoms with Crippen LogP contribution in [0.3, 0.4) is 0 Å². The van der Waals surface area contributed by atoms with E-state index in [4.69, 9.17) is 17.3 Å². The van der Waals surface area contributed by atoms with E-state index >= 15 is 0 Å². The lowest BCUT2D eigenvalue weighted by Gasteiger charge is -2.36. The summed E-state index contributed by atoms with van der Waals surface area (Å²) in [6, 6.07) is 0. The third kappa shape index (κ3) is 4.72. The summed E-state index contributed by atoms with van der Waals surface area (Å²) >= 11 is 5.90. The van der Waals surface area contributed by atoms with Crippen LogP contribution < -0.4 is 5.73 Å². The maximum absolute atomic E-state index is 12.6. The van der Waals surface area contributed by atoms with Gasteiger partial charge in [0.05, 0.1) is 21.8 Å². The van der Waals surface area contributed by atoms with Gasteiger partial charge in [-0.2, -0.15) is 13.2 Å². The Hall–Kier alpha value is -0.530. The van der Waals surface area contributed by atoms with E-state index in [9.17, 15) is 21.6 Å². The molecule has 2 N–H and O–H groups in total. The summed E-state index contributed by atoms with van der Waals surface area (Å²) in [5, 5.41) is -2.66. The number of alkyl halides is 4. The summed E-state index contributed by atoms with van der Waals surface area (Å²) in [5.74, 6) is 0. The highest BCUT2D eigenvalue weighted by atomic mass is 35.5.